The summed E-state index contributed by atoms with van der Waals surface area (Å²) in [5.41, 5.74) is 2.22. The van der Waals surface area contributed by atoms with Crippen LogP contribution >= 0.6 is 11.6 Å². The molecule has 3 heterocycles. The topological polar surface area (TPSA) is 149 Å². The van der Waals surface area contributed by atoms with E-state index in [-0.39, 0.29) is 35.5 Å². The van der Waals surface area contributed by atoms with Gasteiger partial charge in [0.1, 0.15) is 17.4 Å². The Kier molecular flexibility index (Phi) is 6.86. The number of pyridine rings is 1. The minimum Gasteiger partial charge on any atom is -0.379 e. The van der Waals surface area contributed by atoms with E-state index in [1.165, 1.54) is 12.4 Å². The van der Waals surface area contributed by atoms with Crippen LogP contribution in [0.25, 0.3) is 5.65 Å². The smallest absolute Gasteiger partial charge is 0.276 e. The predicted octanol–water partition coefficient (Wildman–Crippen LogP) is 3.36. The number of carbonyl (C=O) groups excluding carboxylic acids is 2. The van der Waals surface area contributed by atoms with Gasteiger partial charge in [0.05, 0.1) is 18.0 Å². The highest BCUT2D eigenvalue weighted by Gasteiger charge is 2.26. The average Bonchev–Trinajstić information content (AvgIpc) is 3.55. The zero-order chi connectivity index (χ0) is 25.1. The summed E-state index contributed by atoms with van der Waals surface area (Å²) in [6.07, 6.45) is 8.44. The summed E-state index contributed by atoms with van der Waals surface area (Å²) >= 11 is 5.94. The third-order valence-electron chi connectivity index (χ3n) is 6.31. The van der Waals surface area contributed by atoms with E-state index in [2.05, 4.69) is 36.3 Å². The van der Waals surface area contributed by atoms with Crippen LogP contribution in [-0.2, 0) is 4.79 Å². The molecule has 2 aliphatic carbocycles. The number of hydrogen-bond acceptors (Lipinski definition) is 8. The van der Waals surface area contributed by atoms with Gasteiger partial charge in [-0.15, -0.1) is 5.10 Å². The van der Waals surface area contributed by atoms with E-state index in [9.17, 15) is 9.59 Å². The average molecular weight is 508 g/mol. The Bertz CT molecular complexity index is 1320. The molecule has 0 saturated heterocycles. The molecule has 0 spiro atoms. The third kappa shape index (κ3) is 5.66. The second-order valence-electron chi connectivity index (χ2n) is 9.16. The SMILES string of the molecule is N#CCC(=O)N[C@H]1CC[C@H](Nc2cc(NC3CC3)c3ncc(C(=O)Nc4ccnc(Cl)c4)n3n2)CC1. The van der Waals surface area contributed by atoms with Crippen LogP contribution in [0, 0.1) is 11.3 Å². The Balaban J connectivity index is 1.33. The van der Waals surface area contributed by atoms with E-state index in [4.69, 9.17) is 16.9 Å². The molecule has 0 unspecified atom stereocenters. The van der Waals surface area contributed by atoms with Crippen LogP contribution in [0.1, 0.15) is 55.4 Å². The molecule has 186 valence electrons. The number of carbonyl (C=O) groups is 2. The largest absolute Gasteiger partial charge is 0.379 e. The van der Waals surface area contributed by atoms with E-state index in [1.807, 2.05) is 12.1 Å². The van der Waals surface area contributed by atoms with Crippen molar-refractivity contribution in [1.82, 2.24) is 24.9 Å². The number of amides is 2. The Labute approximate surface area is 212 Å². The van der Waals surface area contributed by atoms with Crippen LogP contribution in [0.2, 0.25) is 5.15 Å². The summed E-state index contributed by atoms with van der Waals surface area (Å²) < 4.78 is 1.55. The Hall–Kier alpha value is -3.91. The van der Waals surface area contributed by atoms with Crippen LogP contribution in [-0.4, -0.2) is 49.5 Å². The number of fused-ring (bicyclic) bond motifs is 1. The summed E-state index contributed by atoms with van der Waals surface area (Å²) in [6, 6.07) is 7.69. The minimum absolute atomic E-state index is 0.0806. The molecular formula is C24H26ClN9O2. The molecule has 2 amide bonds. The molecule has 11 nitrogen and oxygen atoms in total. The number of nitrogens with one attached hydrogen (secondary N) is 4. The summed E-state index contributed by atoms with van der Waals surface area (Å²) in [5.74, 6) is 0.0544. The maximum absolute atomic E-state index is 13.0. The Morgan fingerprint density at radius 1 is 1.06 bits per heavy atom. The van der Waals surface area contributed by atoms with Crippen LogP contribution < -0.4 is 21.3 Å². The second-order valence-corrected chi connectivity index (χ2v) is 9.54. The summed E-state index contributed by atoms with van der Waals surface area (Å²) in [6.45, 7) is 0. The maximum atomic E-state index is 13.0. The van der Waals surface area contributed by atoms with Gasteiger partial charge < -0.3 is 21.3 Å². The molecule has 2 fully saturated rings. The molecule has 2 saturated carbocycles. The van der Waals surface area contributed by atoms with Gasteiger partial charge in [0.2, 0.25) is 5.91 Å². The fourth-order valence-corrected chi connectivity index (χ4v) is 4.54. The molecule has 2 aliphatic rings. The summed E-state index contributed by atoms with van der Waals surface area (Å²) in [5, 5.41) is 26.4. The molecule has 0 bridgehead atoms. The first-order valence-corrected chi connectivity index (χ1v) is 12.4. The summed E-state index contributed by atoms with van der Waals surface area (Å²) in [4.78, 5) is 33.2. The highest BCUT2D eigenvalue weighted by atomic mass is 35.5. The van der Waals surface area contributed by atoms with Gasteiger partial charge in [-0.2, -0.15) is 5.26 Å². The lowest BCUT2D eigenvalue weighted by molar-refractivity contribution is -0.121. The number of imidazole rings is 1. The van der Waals surface area contributed by atoms with Gasteiger partial charge in [-0.3, -0.25) is 9.59 Å². The number of halogens is 1. The van der Waals surface area contributed by atoms with Crippen molar-refractivity contribution < 1.29 is 9.59 Å². The molecule has 0 radical (unpaired) electrons. The van der Waals surface area contributed by atoms with E-state index < -0.39 is 0 Å². The first-order valence-electron chi connectivity index (χ1n) is 12.0. The van der Waals surface area contributed by atoms with Crippen LogP contribution in [0.4, 0.5) is 17.2 Å². The maximum Gasteiger partial charge on any atom is 0.276 e. The quantitative estimate of drug-likeness (QED) is 0.339. The van der Waals surface area contributed by atoms with Crippen LogP contribution in [0.3, 0.4) is 0 Å². The van der Waals surface area contributed by atoms with Crippen molar-refractivity contribution in [1.29, 1.82) is 5.26 Å². The first kappa shape index (κ1) is 23.8. The number of rotatable bonds is 8. The highest BCUT2D eigenvalue weighted by Crippen LogP contribution is 2.30. The number of aromatic nitrogens is 4. The lowest BCUT2D eigenvalue weighted by Gasteiger charge is -2.30. The van der Waals surface area contributed by atoms with Crippen molar-refractivity contribution in [2.45, 2.75) is 63.1 Å². The van der Waals surface area contributed by atoms with Gasteiger partial charge in [0.25, 0.3) is 5.91 Å². The van der Waals surface area contributed by atoms with Crippen molar-refractivity contribution in [3.05, 3.63) is 41.4 Å². The molecule has 4 N–H and O–H groups in total. The van der Waals surface area contributed by atoms with Gasteiger partial charge in [0.15, 0.2) is 11.3 Å². The lowest BCUT2D eigenvalue weighted by atomic mass is 9.91. The van der Waals surface area contributed by atoms with Crippen LogP contribution in [0.5, 0.6) is 0 Å². The molecule has 0 atom stereocenters. The van der Waals surface area contributed by atoms with Crippen molar-refractivity contribution >= 4 is 46.3 Å². The second kappa shape index (κ2) is 10.4. The van der Waals surface area contributed by atoms with Gasteiger partial charge in [-0.25, -0.2) is 14.5 Å². The molecule has 0 aromatic carbocycles. The van der Waals surface area contributed by atoms with E-state index in [0.717, 1.165) is 44.2 Å². The molecule has 3 aromatic rings. The monoisotopic (exact) mass is 507 g/mol. The lowest BCUT2D eigenvalue weighted by Crippen LogP contribution is -2.40. The third-order valence-corrected chi connectivity index (χ3v) is 6.51. The van der Waals surface area contributed by atoms with Gasteiger partial charge in [0, 0.05) is 36.1 Å². The molecule has 36 heavy (non-hydrogen) atoms. The van der Waals surface area contributed by atoms with E-state index in [1.54, 1.807) is 16.6 Å². The number of hydrogen-bond donors (Lipinski definition) is 4. The zero-order valence-corrected chi connectivity index (χ0v) is 20.3. The minimum atomic E-state index is -0.361. The molecule has 0 aliphatic heterocycles. The Morgan fingerprint density at radius 2 is 1.78 bits per heavy atom. The van der Waals surface area contributed by atoms with Crippen molar-refractivity contribution in [2.24, 2.45) is 0 Å². The van der Waals surface area contributed by atoms with Crippen molar-refractivity contribution in [3.63, 3.8) is 0 Å². The molecular weight excluding hydrogens is 482 g/mol. The predicted molar refractivity (Wildman–Crippen MR) is 135 cm³/mol. The first-order chi connectivity index (χ1) is 17.5. The van der Waals surface area contributed by atoms with Crippen molar-refractivity contribution in [2.75, 3.05) is 16.0 Å². The number of anilines is 3. The van der Waals surface area contributed by atoms with Crippen molar-refractivity contribution in [3.8, 4) is 6.07 Å². The normalized spacial score (nSPS) is 19.3. The van der Waals surface area contributed by atoms with E-state index >= 15 is 0 Å². The standard InChI is InChI=1S/C24H26ClN9O2/c25-20-11-17(8-10-27-20)32-24(36)19-13-28-23-18(29-14-1-2-14)12-21(33-34(19)23)30-15-3-5-16(6-4-15)31-22(35)7-9-26/h8,10-16,29H,1-7H2,(H,30,33)(H,31,35)(H,27,32,36)/t15-,16-. The van der Waals surface area contributed by atoms with Gasteiger partial charge >= 0.3 is 0 Å². The van der Waals surface area contributed by atoms with Gasteiger partial charge in [-0.1, -0.05) is 11.6 Å². The molecule has 5 rings (SSSR count). The molecule has 3 aromatic heterocycles. The molecule has 12 heteroatoms. The fraction of sp³-hybridized carbons (Fsp3) is 0.417. The number of nitrogens with zero attached hydrogens (tertiary/aromatic N) is 5. The number of nitriles is 1. The highest BCUT2D eigenvalue weighted by molar-refractivity contribution is 6.29. The van der Waals surface area contributed by atoms with E-state index in [0.29, 0.717) is 28.9 Å². The zero-order valence-electron chi connectivity index (χ0n) is 19.5. The van der Waals surface area contributed by atoms with Gasteiger partial charge in [-0.05, 0) is 50.7 Å². The fourth-order valence-electron chi connectivity index (χ4n) is 4.36. The Morgan fingerprint density at radius 3 is 2.50 bits per heavy atom. The summed E-state index contributed by atoms with van der Waals surface area (Å²) in [7, 11) is 0. The van der Waals surface area contributed by atoms with Crippen LogP contribution in [0.15, 0.2) is 30.6 Å².